The molecule has 22 nitrogen and oxygen atoms in total. The summed E-state index contributed by atoms with van der Waals surface area (Å²) in [5.41, 5.74) is -3.55. The van der Waals surface area contributed by atoms with E-state index in [9.17, 15) is 90.0 Å². The van der Waals surface area contributed by atoms with Crippen LogP contribution in [0.25, 0.3) is 11.5 Å². The largest absolute Gasteiger partial charge is 0.508 e. The number of fused-ring (bicyclic) bond motifs is 6. The molecule has 22 heteroatoms. The average molecular weight is 921 g/mol. The predicted molar refractivity (Wildman–Crippen MR) is 223 cm³/mol. The summed E-state index contributed by atoms with van der Waals surface area (Å²) in [4.78, 5) is 79.9. The number of rotatable bonds is 4. The number of nitrogens with two attached hydrogens (primary N) is 2. The number of aromatic hydroxyl groups is 2. The smallest absolute Gasteiger partial charge is 0.255 e. The van der Waals surface area contributed by atoms with Gasteiger partial charge in [0.1, 0.15) is 45.7 Å². The summed E-state index contributed by atoms with van der Waals surface area (Å²) in [7, 11) is 5.60. The number of benzene rings is 2. The highest BCUT2D eigenvalue weighted by Crippen LogP contribution is 2.59. The van der Waals surface area contributed by atoms with Gasteiger partial charge in [0, 0.05) is 0 Å². The van der Waals surface area contributed by atoms with Gasteiger partial charge in [-0.2, -0.15) is 0 Å². The molecule has 8 rings (SSSR count). The molecular weight excluding hydrogens is 872 g/mol. The van der Waals surface area contributed by atoms with Crippen LogP contribution in [-0.4, -0.2) is 170 Å². The van der Waals surface area contributed by atoms with Gasteiger partial charge in [0.2, 0.25) is 11.6 Å². The van der Waals surface area contributed by atoms with Crippen molar-refractivity contribution < 1.29 is 90.0 Å². The third-order valence-corrected chi connectivity index (χ3v) is 14.1. The number of Topliss-reactive ketones (excluding diaryl/α,β-unsaturated/α-hetero) is 4. The fourth-order valence-electron chi connectivity index (χ4n) is 11.2. The molecule has 6 aliphatic rings. The Morgan fingerprint density at radius 1 is 0.561 bits per heavy atom. The lowest BCUT2D eigenvalue weighted by Crippen LogP contribution is -2.71. The Morgan fingerprint density at radius 3 is 1.14 bits per heavy atom. The molecule has 2 fully saturated rings. The van der Waals surface area contributed by atoms with E-state index in [1.807, 2.05) is 0 Å². The number of carbonyl (C=O) groups excluding carboxylic acids is 6. The molecule has 2 amide bonds. The summed E-state index contributed by atoms with van der Waals surface area (Å²) >= 11 is 0. The van der Waals surface area contributed by atoms with E-state index in [4.69, 9.17) is 11.5 Å². The molecule has 352 valence electrons. The van der Waals surface area contributed by atoms with E-state index in [0.717, 1.165) is 0 Å². The second-order valence-corrected chi connectivity index (χ2v) is 18.1. The van der Waals surface area contributed by atoms with E-state index in [1.54, 1.807) is 0 Å². The van der Waals surface area contributed by atoms with Crippen LogP contribution in [-0.2, 0) is 40.0 Å². The quantitative estimate of drug-likeness (QED) is 0.138. The monoisotopic (exact) mass is 920 g/mol. The highest BCUT2D eigenvalue weighted by Gasteiger charge is 2.72. The maximum atomic E-state index is 13.7. The number of phenols is 2. The zero-order valence-corrected chi connectivity index (χ0v) is 35.9. The number of primary amides is 2. The Kier molecular flexibility index (Phi) is 10.8. The van der Waals surface area contributed by atoms with Gasteiger partial charge in [-0.3, -0.25) is 38.6 Å². The molecule has 2 saturated carbocycles. The van der Waals surface area contributed by atoms with Crippen LogP contribution in [0, 0.1) is 23.7 Å². The van der Waals surface area contributed by atoms with Gasteiger partial charge in [0.25, 0.3) is 11.8 Å². The summed E-state index contributed by atoms with van der Waals surface area (Å²) < 4.78 is 0. The van der Waals surface area contributed by atoms with Gasteiger partial charge in [-0.05, 0) is 65.3 Å². The number of hydrogen-bond acceptors (Lipinski definition) is 20. The number of nitrogens with zero attached hydrogens (tertiary/aromatic N) is 2. The Labute approximate surface area is 373 Å². The lowest BCUT2D eigenvalue weighted by atomic mass is 9.53. The first-order chi connectivity index (χ1) is 30.4. The van der Waals surface area contributed by atoms with Crippen molar-refractivity contribution in [2.24, 2.45) is 35.1 Å². The van der Waals surface area contributed by atoms with E-state index < -0.39 is 162 Å². The molecule has 0 heterocycles. The number of hydrogen-bond donors (Lipinski definition) is 14. The van der Waals surface area contributed by atoms with Crippen molar-refractivity contribution in [3.8, 4) is 11.5 Å². The molecule has 0 aliphatic heterocycles. The molecule has 6 aliphatic carbocycles. The van der Waals surface area contributed by atoms with Crippen molar-refractivity contribution in [3.05, 3.63) is 92.5 Å². The van der Waals surface area contributed by atoms with Crippen molar-refractivity contribution in [2.45, 2.75) is 60.5 Å². The molecule has 0 bridgehead atoms. The van der Waals surface area contributed by atoms with Gasteiger partial charge in [0.05, 0.1) is 81.4 Å². The maximum Gasteiger partial charge on any atom is 0.255 e. The molecule has 0 spiro atoms. The van der Waals surface area contributed by atoms with Crippen LogP contribution in [0.1, 0.15) is 36.1 Å². The van der Waals surface area contributed by atoms with Crippen LogP contribution in [0.5, 0.6) is 11.5 Å². The topological polar surface area (TPSA) is 404 Å². The number of likely N-dealkylation sites (N-methyl/N-ethyl adjacent to an activating group) is 2. The molecule has 0 aromatic heterocycles. The Morgan fingerprint density at radius 2 is 0.864 bits per heavy atom. The summed E-state index contributed by atoms with van der Waals surface area (Å²) in [5.74, 6) is -19.3. The second-order valence-electron chi connectivity index (χ2n) is 18.1. The van der Waals surface area contributed by atoms with Crippen LogP contribution in [0.4, 0.5) is 0 Å². The molecule has 16 N–H and O–H groups in total. The maximum absolute atomic E-state index is 13.7. The normalized spacial score (nSPS) is 36.0. The molecule has 2 aromatic rings. The first-order valence-electron chi connectivity index (χ1n) is 20.2. The fraction of sp³-hybridized carbons (Fsp3) is 0.409. The summed E-state index contributed by atoms with van der Waals surface area (Å²) in [6.45, 7) is 2.51. The highest BCUT2D eigenvalue weighted by molar-refractivity contribution is 6.26. The van der Waals surface area contributed by atoms with Crippen molar-refractivity contribution in [2.75, 3.05) is 28.2 Å². The van der Waals surface area contributed by atoms with Crippen LogP contribution in [0.15, 0.2) is 70.2 Å². The van der Waals surface area contributed by atoms with Gasteiger partial charge < -0.3 is 72.7 Å². The molecule has 12 atom stereocenters. The number of aliphatic hydroxyl groups excluding tert-OH is 6. The number of carbonyl (C=O) groups is 6. The van der Waals surface area contributed by atoms with Gasteiger partial charge in [0.15, 0.2) is 22.8 Å². The first-order valence-corrected chi connectivity index (χ1v) is 20.2. The van der Waals surface area contributed by atoms with E-state index in [0.29, 0.717) is 0 Å². The van der Waals surface area contributed by atoms with E-state index >= 15 is 0 Å². The Hall–Kier alpha value is -6.50. The minimum absolute atomic E-state index is 0.00664. The highest BCUT2D eigenvalue weighted by atomic mass is 16.4. The number of amides is 2. The zero-order valence-electron chi connectivity index (χ0n) is 35.9. The van der Waals surface area contributed by atoms with Gasteiger partial charge in [-0.1, -0.05) is 24.3 Å². The van der Waals surface area contributed by atoms with Gasteiger partial charge in [-0.25, -0.2) is 0 Å². The van der Waals surface area contributed by atoms with Crippen molar-refractivity contribution in [3.63, 3.8) is 0 Å². The fourth-order valence-corrected chi connectivity index (χ4v) is 11.2. The zero-order chi connectivity index (χ0) is 49.6. The van der Waals surface area contributed by atoms with Gasteiger partial charge >= 0.3 is 0 Å². The summed E-state index contributed by atoms with van der Waals surface area (Å²) in [6, 6.07) is 5.00. The van der Waals surface area contributed by atoms with E-state index in [-0.39, 0.29) is 22.3 Å². The van der Waals surface area contributed by atoms with Crippen LogP contribution >= 0.6 is 0 Å². The second kappa shape index (κ2) is 15.0. The molecule has 0 radical (unpaired) electrons. The van der Waals surface area contributed by atoms with Crippen molar-refractivity contribution in [1.82, 2.24) is 9.80 Å². The third kappa shape index (κ3) is 5.83. The third-order valence-electron chi connectivity index (χ3n) is 14.1. The minimum atomic E-state index is -3.02. The first kappa shape index (κ1) is 47.5. The van der Waals surface area contributed by atoms with Crippen LogP contribution in [0.2, 0.25) is 0 Å². The van der Waals surface area contributed by atoms with Crippen molar-refractivity contribution in [1.29, 1.82) is 0 Å². The Balaban J connectivity index is 0.000000196. The minimum Gasteiger partial charge on any atom is -0.508 e. The predicted octanol–water partition coefficient (Wildman–Crippen LogP) is -2.80. The lowest BCUT2D eigenvalue weighted by Gasteiger charge is -2.55. The summed E-state index contributed by atoms with van der Waals surface area (Å²) in [6.07, 6.45) is -3.74. The SMILES string of the molecule is CN(C)[C@@H]1C(=O)C(C(N)=O)=C(O)[C@@]2(O)C(=O)C3=C(O)c4c(O)cccc4[C@@](C)(O)[C@H]3[C@H](O)[C@@H]12.CN(C)[C@@H]1C(=O)C(C(N)=O)=C(O)[C@@]2(O)C(=O)C3=C(O)c4c(O)cccc4[C@@](C)(O)[C@H]3[C@H](O)[C@@H]12. The van der Waals surface area contributed by atoms with E-state index in [1.165, 1.54) is 88.2 Å². The average Bonchev–Trinajstić information content (AvgIpc) is 3.20. The number of phenolic OH excluding ortho intramolecular Hbond substituents is 2. The van der Waals surface area contributed by atoms with Crippen molar-refractivity contribution >= 4 is 46.5 Å². The number of ketones is 4. The molecular formula is C44H48N4O18. The molecule has 0 saturated heterocycles. The molecule has 66 heavy (non-hydrogen) atoms. The van der Waals surface area contributed by atoms with E-state index in [2.05, 4.69) is 0 Å². The van der Waals surface area contributed by atoms with Crippen LogP contribution in [0.3, 0.4) is 0 Å². The van der Waals surface area contributed by atoms with Gasteiger partial charge in [-0.15, -0.1) is 0 Å². The molecule has 2 aromatic carbocycles. The summed E-state index contributed by atoms with van der Waals surface area (Å²) in [5, 5.41) is 133. The van der Waals surface area contributed by atoms with Crippen LogP contribution < -0.4 is 11.5 Å². The lowest BCUT2D eigenvalue weighted by molar-refractivity contribution is -0.181. The Bertz CT molecular complexity index is 2550. The standard InChI is InChI=1S/2C22H24N2O9/c2*1-21(32)7-5-4-6-8(25)9(7)15(26)10-12(21)17(28)13-14(24(2)3)16(27)11(20(23)31)19(30)22(13,33)18(10)29/h2*4-6,12-14,17,25-26,28,30,32-33H,1-3H3,(H2,23,31)/t2*12-,13-,14+,17+,21-,22+/m11/s1. The number of aliphatic hydroxyl groups is 10. The molecule has 0 unspecified atom stereocenters.